The van der Waals surface area contributed by atoms with Crippen molar-refractivity contribution in [2.75, 3.05) is 13.2 Å². The minimum absolute atomic E-state index is 0.0488. The number of nitrogens with zero attached hydrogens (tertiary/aromatic N) is 2. The van der Waals surface area contributed by atoms with E-state index < -0.39 is 0 Å². The van der Waals surface area contributed by atoms with Gasteiger partial charge in [0, 0.05) is 30.2 Å². The molecule has 2 unspecified atom stereocenters. The van der Waals surface area contributed by atoms with Crippen molar-refractivity contribution in [1.29, 1.82) is 0 Å². The van der Waals surface area contributed by atoms with Crippen LogP contribution in [-0.2, 0) is 11.3 Å². The predicted octanol–water partition coefficient (Wildman–Crippen LogP) is 3.64. The molecular weight excluding hydrogens is 397 g/mol. The van der Waals surface area contributed by atoms with E-state index in [1.807, 2.05) is 42.5 Å². The molecule has 31 heavy (non-hydrogen) atoms. The number of hydrogen-bond donors (Lipinski definition) is 1. The van der Waals surface area contributed by atoms with Gasteiger partial charge >= 0.3 is 0 Å². The zero-order valence-electron chi connectivity index (χ0n) is 17.0. The molecule has 1 amide bonds. The van der Waals surface area contributed by atoms with Crippen LogP contribution >= 0.6 is 0 Å². The molecule has 2 aliphatic rings. The summed E-state index contributed by atoms with van der Waals surface area (Å²) < 4.78 is 24.5. The second-order valence-electron chi connectivity index (χ2n) is 8.19. The second kappa shape index (κ2) is 8.61. The van der Waals surface area contributed by atoms with Crippen molar-refractivity contribution < 1.29 is 18.3 Å². The van der Waals surface area contributed by atoms with Gasteiger partial charge in [0.15, 0.2) is 5.69 Å². The molecule has 5 rings (SSSR count). The molecule has 6 nitrogen and oxygen atoms in total. The smallest absolute Gasteiger partial charge is 0.273 e. The normalized spacial score (nSPS) is 23.5. The highest BCUT2D eigenvalue weighted by atomic mass is 19.1. The summed E-state index contributed by atoms with van der Waals surface area (Å²) in [6, 6.07) is 16.6. The first kappa shape index (κ1) is 19.9. The molecule has 1 N–H and O–H groups in total. The van der Waals surface area contributed by atoms with Crippen molar-refractivity contribution in [1.82, 2.24) is 15.2 Å². The van der Waals surface area contributed by atoms with Gasteiger partial charge in [-0.1, -0.05) is 30.3 Å². The number of oxazole rings is 1. The average Bonchev–Trinajstić information content (AvgIpc) is 3.27. The number of piperidine rings is 1. The standard InChI is InChI=1S/C24H24FN3O3/c25-18-8-6-16(7-9-18)12-28-20-10-19(11-21(28)14-30-13-20)26-23(29)22-15-31-24(27-22)17-4-2-1-3-5-17/h1-9,15,19-21H,10-14H2,(H,26,29). The molecule has 2 bridgehead atoms. The number of carbonyl (C=O) groups excluding carboxylic acids is 1. The van der Waals surface area contributed by atoms with Crippen molar-refractivity contribution in [3.63, 3.8) is 0 Å². The summed E-state index contributed by atoms with van der Waals surface area (Å²) in [5, 5.41) is 3.13. The Morgan fingerprint density at radius 1 is 1.06 bits per heavy atom. The van der Waals surface area contributed by atoms with Gasteiger partial charge in [-0.15, -0.1) is 0 Å². The Bertz CT molecular complexity index is 1020. The van der Waals surface area contributed by atoms with Crippen LogP contribution in [0.25, 0.3) is 11.5 Å². The van der Waals surface area contributed by atoms with Gasteiger partial charge in [0.2, 0.25) is 5.89 Å². The lowest BCUT2D eigenvalue weighted by Crippen LogP contribution is -2.60. The topological polar surface area (TPSA) is 67.6 Å². The number of benzene rings is 2. The highest BCUT2D eigenvalue weighted by molar-refractivity contribution is 5.92. The maximum absolute atomic E-state index is 13.2. The monoisotopic (exact) mass is 421 g/mol. The minimum Gasteiger partial charge on any atom is -0.444 e. The summed E-state index contributed by atoms with van der Waals surface area (Å²) >= 11 is 0. The van der Waals surface area contributed by atoms with E-state index in [1.165, 1.54) is 18.4 Å². The molecule has 1 aromatic heterocycles. The summed E-state index contributed by atoms with van der Waals surface area (Å²) in [6.45, 7) is 2.02. The van der Waals surface area contributed by atoms with Crippen molar-refractivity contribution in [3.8, 4) is 11.5 Å². The van der Waals surface area contributed by atoms with Crippen LogP contribution < -0.4 is 5.32 Å². The van der Waals surface area contributed by atoms with Crippen molar-refractivity contribution >= 4 is 5.91 Å². The molecule has 2 saturated heterocycles. The molecule has 0 saturated carbocycles. The largest absolute Gasteiger partial charge is 0.444 e. The number of ether oxygens (including phenoxy) is 1. The first-order valence-electron chi connectivity index (χ1n) is 10.6. The number of morpholine rings is 1. The summed E-state index contributed by atoms with van der Waals surface area (Å²) in [7, 11) is 0. The Morgan fingerprint density at radius 2 is 1.77 bits per heavy atom. The van der Waals surface area contributed by atoms with Gasteiger partial charge in [-0.25, -0.2) is 9.37 Å². The predicted molar refractivity (Wildman–Crippen MR) is 113 cm³/mol. The van der Waals surface area contributed by atoms with Crippen molar-refractivity contribution in [3.05, 3.63) is 77.9 Å². The number of hydrogen-bond acceptors (Lipinski definition) is 5. The number of halogens is 1. The van der Waals surface area contributed by atoms with Crippen LogP contribution in [0.2, 0.25) is 0 Å². The Labute approximate surface area is 180 Å². The van der Waals surface area contributed by atoms with E-state index in [-0.39, 0.29) is 35.5 Å². The SMILES string of the molecule is O=C(NC1CC2COCC(C1)N2Cc1ccc(F)cc1)c1coc(-c2ccccc2)n1. The van der Waals surface area contributed by atoms with E-state index in [0.717, 1.165) is 30.5 Å². The van der Waals surface area contributed by atoms with Crippen LogP contribution in [-0.4, -0.2) is 47.1 Å². The molecule has 160 valence electrons. The minimum atomic E-state index is -0.225. The van der Waals surface area contributed by atoms with E-state index in [4.69, 9.17) is 9.15 Å². The molecule has 2 fully saturated rings. The van der Waals surface area contributed by atoms with Crippen LogP contribution in [0.15, 0.2) is 65.3 Å². The fourth-order valence-corrected chi connectivity index (χ4v) is 4.52. The van der Waals surface area contributed by atoms with E-state index in [0.29, 0.717) is 19.1 Å². The lowest BCUT2D eigenvalue weighted by atomic mass is 9.89. The zero-order valence-corrected chi connectivity index (χ0v) is 17.0. The van der Waals surface area contributed by atoms with Crippen molar-refractivity contribution in [2.24, 2.45) is 0 Å². The van der Waals surface area contributed by atoms with Crippen LogP contribution in [0, 0.1) is 5.82 Å². The number of rotatable bonds is 5. The third-order valence-electron chi connectivity index (χ3n) is 6.04. The van der Waals surface area contributed by atoms with Crippen LogP contribution in [0.5, 0.6) is 0 Å². The maximum atomic E-state index is 13.2. The summed E-state index contributed by atoms with van der Waals surface area (Å²) in [5.74, 6) is -0.0102. The van der Waals surface area contributed by atoms with E-state index in [2.05, 4.69) is 15.2 Å². The molecular formula is C24H24FN3O3. The van der Waals surface area contributed by atoms with Gasteiger partial charge in [0.05, 0.1) is 13.2 Å². The van der Waals surface area contributed by atoms with Crippen LogP contribution in [0.4, 0.5) is 4.39 Å². The molecule has 3 aromatic rings. The number of fused-ring (bicyclic) bond motifs is 2. The van der Waals surface area contributed by atoms with Gasteiger partial charge in [-0.05, 0) is 42.7 Å². The average molecular weight is 421 g/mol. The number of aromatic nitrogens is 1. The summed E-state index contributed by atoms with van der Waals surface area (Å²) in [6.07, 6.45) is 3.00. The maximum Gasteiger partial charge on any atom is 0.273 e. The van der Waals surface area contributed by atoms with Crippen molar-refractivity contribution in [2.45, 2.75) is 37.5 Å². The van der Waals surface area contributed by atoms with Crippen LogP contribution in [0.3, 0.4) is 0 Å². The molecule has 0 spiro atoms. The fraction of sp³-hybridized carbons (Fsp3) is 0.333. The highest BCUT2D eigenvalue weighted by Crippen LogP contribution is 2.30. The van der Waals surface area contributed by atoms with Crippen LogP contribution in [0.1, 0.15) is 28.9 Å². The van der Waals surface area contributed by atoms with Gasteiger partial charge < -0.3 is 14.5 Å². The Hall–Kier alpha value is -3.03. The first-order chi connectivity index (χ1) is 15.2. The number of carbonyl (C=O) groups is 1. The molecule has 0 aliphatic carbocycles. The van der Waals surface area contributed by atoms with E-state index in [1.54, 1.807) is 0 Å². The van der Waals surface area contributed by atoms with Gasteiger partial charge in [-0.2, -0.15) is 0 Å². The molecule has 2 aliphatic heterocycles. The zero-order chi connectivity index (χ0) is 21.2. The summed E-state index contributed by atoms with van der Waals surface area (Å²) in [5.41, 5.74) is 2.20. The molecule has 3 heterocycles. The van der Waals surface area contributed by atoms with E-state index in [9.17, 15) is 9.18 Å². The molecule has 2 atom stereocenters. The first-order valence-corrected chi connectivity index (χ1v) is 10.6. The third kappa shape index (κ3) is 4.38. The van der Waals surface area contributed by atoms with Gasteiger partial charge in [-0.3, -0.25) is 9.69 Å². The third-order valence-corrected chi connectivity index (χ3v) is 6.04. The number of nitrogens with one attached hydrogen (secondary N) is 1. The Balaban J connectivity index is 1.23. The van der Waals surface area contributed by atoms with Gasteiger partial charge in [0.1, 0.15) is 12.1 Å². The quantitative estimate of drug-likeness (QED) is 0.681. The second-order valence-corrected chi connectivity index (χ2v) is 8.19. The molecule has 0 radical (unpaired) electrons. The highest BCUT2D eigenvalue weighted by Gasteiger charge is 2.39. The number of amides is 1. The Kier molecular flexibility index (Phi) is 5.53. The molecule has 7 heteroatoms. The van der Waals surface area contributed by atoms with Gasteiger partial charge in [0.25, 0.3) is 5.91 Å². The van der Waals surface area contributed by atoms with E-state index >= 15 is 0 Å². The summed E-state index contributed by atoms with van der Waals surface area (Å²) in [4.78, 5) is 19.5. The molecule has 2 aromatic carbocycles. The lowest BCUT2D eigenvalue weighted by molar-refractivity contribution is -0.0843. The Morgan fingerprint density at radius 3 is 2.48 bits per heavy atom. The lowest BCUT2D eigenvalue weighted by Gasteiger charge is -2.48. The fourth-order valence-electron chi connectivity index (χ4n) is 4.52.